The van der Waals surface area contributed by atoms with Crippen LogP contribution < -0.4 is 11.1 Å². The van der Waals surface area contributed by atoms with Crippen molar-refractivity contribution in [1.29, 1.82) is 0 Å². The van der Waals surface area contributed by atoms with Crippen LogP contribution in [0.2, 0.25) is 0 Å². The van der Waals surface area contributed by atoms with Gasteiger partial charge in [0.15, 0.2) is 6.10 Å². The minimum absolute atomic E-state index is 0.318. The molecule has 0 aliphatic rings. The van der Waals surface area contributed by atoms with Gasteiger partial charge >= 0.3 is 5.97 Å². The molecular formula is C14H17N3O4. The number of carbonyl (C=O) groups is 2. The van der Waals surface area contributed by atoms with Crippen LogP contribution in [0.25, 0.3) is 10.9 Å². The molecule has 0 saturated heterocycles. The Kier molecular flexibility index (Phi) is 4.56. The maximum atomic E-state index is 11.8. The zero-order valence-electron chi connectivity index (χ0n) is 11.2. The molecular weight excluding hydrogens is 274 g/mol. The van der Waals surface area contributed by atoms with Gasteiger partial charge in [-0.25, -0.2) is 4.79 Å². The predicted molar refractivity (Wildman–Crippen MR) is 76.6 cm³/mol. The number of para-hydroxylation sites is 1. The summed E-state index contributed by atoms with van der Waals surface area (Å²) in [7, 11) is 0. The molecule has 1 heterocycles. The summed E-state index contributed by atoms with van der Waals surface area (Å²) in [6.45, 7) is -0.365. The quantitative estimate of drug-likeness (QED) is 0.494. The Hall–Kier alpha value is -2.38. The Morgan fingerprint density at radius 1 is 1.33 bits per heavy atom. The fourth-order valence-electron chi connectivity index (χ4n) is 2.05. The van der Waals surface area contributed by atoms with Crippen LogP contribution in [0, 0.1) is 0 Å². The van der Waals surface area contributed by atoms with Crippen molar-refractivity contribution in [2.24, 2.45) is 5.73 Å². The van der Waals surface area contributed by atoms with Gasteiger partial charge in [0, 0.05) is 17.1 Å². The standard InChI is InChI=1S/C14H17N3O4/c15-10(13(19)17-7-12(18)14(20)21)5-8-6-16-11-4-2-1-3-9(8)11/h1-4,6,10,12,16,18H,5,7,15H2,(H,17,19)(H,20,21)/t10-,12?/m0/s1. The van der Waals surface area contributed by atoms with Crippen LogP contribution >= 0.6 is 0 Å². The molecule has 0 aliphatic heterocycles. The number of benzene rings is 1. The number of hydrogen-bond donors (Lipinski definition) is 5. The van der Waals surface area contributed by atoms with Gasteiger partial charge in [-0.1, -0.05) is 18.2 Å². The number of rotatable bonds is 6. The highest BCUT2D eigenvalue weighted by atomic mass is 16.4. The van der Waals surface area contributed by atoms with Gasteiger partial charge in [0.25, 0.3) is 0 Å². The van der Waals surface area contributed by atoms with Crippen LogP contribution in [0.1, 0.15) is 5.56 Å². The maximum absolute atomic E-state index is 11.8. The molecule has 0 bridgehead atoms. The van der Waals surface area contributed by atoms with E-state index in [1.807, 2.05) is 24.3 Å². The van der Waals surface area contributed by atoms with Gasteiger partial charge < -0.3 is 26.2 Å². The van der Waals surface area contributed by atoms with E-state index in [4.69, 9.17) is 15.9 Å². The Bertz CT molecular complexity index is 652. The molecule has 1 amide bonds. The largest absolute Gasteiger partial charge is 0.479 e. The number of amides is 1. The number of aliphatic carboxylic acids is 1. The van der Waals surface area contributed by atoms with E-state index in [9.17, 15) is 9.59 Å². The van der Waals surface area contributed by atoms with Gasteiger partial charge in [0.1, 0.15) is 0 Å². The number of aromatic amines is 1. The van der Waals surface area contributed by atoms with E-state index in [0.29, 0.717) is 6.42 Å². The Labute approximate surface area is 120 Å². The molecule has 7 heteroatoms. The molecule has 0 radical (unpaired) electrons. The molecule has 0 aliphatic carbocycles. The summed E-state index contributed by atoms with van der Waals surface area (Å²) in [6, 6.07) is 6.84. The summed E-state index contributed by atoms with van der Waals surface area (Å²) >= 11 is 0. The number of H-pyrrole nitrogens is 1. The molecule has 1 aromatic carbocycles. The highest BCUT2D eigenvalue weighted by Gasteiger charge is 2.19. The van der Waals surface area contributed by atoms with Gasteiger partial charge in [-0.3, -0.25) is 4.79 Å². The van der Waals surface area contributed by atoms with Crippen molar-refractivity contribution in [1.82, 2.24) is 10.3 Å². The van der Waals surface area contributed by atoms with Crippen LogP contribution in [0.15, 0.2) is 30.5 Å². The summed E-state index contributed by atoms with van der Waals surface area (Å²) in [5.41, 5.74) is 7.68. The number of carbonyl (C=O) groups excluding carboxylic acids is 1. The van der Waals surface area contributed by atoms with E-state index in [0.717, 1.165) is 16.5 Å². The van der Waals surface area contributed by atoms with E-state index in [-0.39, 0.29) is 6.54 Å². The van der Waals surface area contributed by atoms with Gasteiger partial charge in [-0.15, -0.1) is 0 Å². The average molecular weight is 291 g/mol. The van der Waals surface area contributed by atoms with Crippen molar-refractivity contribution >= 4 is 22.8 Å². The van der Waals surface area contributed by atoms with Gasteiger partial charge in [0.2, 0.25) is 5.91 Å². The van der Waals surface area contributed by atoms with Crippen LogP contribution in [0.3, 0.4) is 0 Å². The second kappa shape index (κ2) is 6.38. The Balaban J connectivity index is 1.96. The molecule has 1 unspecified atom stereocenters. The van der Waals surface area contributed by atoms with E-state index in [2.05, 4.69) is 10.3 Å². The number of aliphatic hydroxyl groups excluding tert-OH is 1. The number of aromatic nitrogens is 1. The second-order valence-electron chi connectivity index (χ2n) is 4.77. The van der Waals surface area contributed by atoms with Crippen LogP contribution in [0.4, 0.5) is 0 Å². The number of carboxylic acid groups (broad SMARTS) is 1. The van der Waals surface area contributed by atoms with Crippen LogP contribution in [-0.4, -0.2) is 45.8 Å². The van der Waals surface area contributed by atoms with E-state index >= 15 is 0 Å². The molecule has 2 atom stereocenters. The smallest absolute Gasteiger partial charge is 0.334 e. The first-order chi connectivity index (χ1) is 9.99. The molecule has 2 aromatic rings. The number of aliphatic hydroxyl groups is 1. The SMILES string of the molecule is N[C@@H](Cc1c[nH]c2ccccc12)C(=O)NCC(O)C(=O)O. The molecule has 1 aromatic heterocycles. The van der Waals surface area contributed by atoms with Gasteiger partial charge in [-0.2, -0.15) is 0 Å². The molecule has 2 rings (SSSR count). The first-order valence-corrected chi connectivity index (χ1v) is 6.48. The summed E-state index contributed by atoms with van der Waals surface area (Å²) in [5.74, 6) is -1.89. The number of carboxylic acids is 1. The van der Waals surface area contributed by atoms with Crippen molar-refractivity contribution in [2.75, 3.05) is 6.54 Å². The lowest BCUT2D eigenvalue weighted by atomic mass is 10.1. The molecule has 0 saturated carbocycles. The third-order valence-electron chi connectivity index (χ3n) is 3.21. The molecule has 6 N–H and O–H groups in total. The van der Waals surface area contributed by atoms with E-state index < -0.39 is 24.0 Å². The topological polar surface area (TPSA) is 128 Å². The normalized spacial score (nSPS) is 13.8. The zero-order chi connectivity index (χ0) is 15.4. The average Bonchev–Trinajstić information content (AvgIpc) is 2.87. The van der Waals surface area contributed by atoms with Gasteiger partial charge in [-0.05, 0) is 18.1 Å². The molecule has 7 nitrogen and oxygen atoms in total. The lowest BCUT2D eigenvalue weighted by Crippen LogP contribution is -2.45. The monoisotopic (exact) mass is 291 g/mol. The lowest BCUT2D eigenvalue weighted by molar-refractivity contribution is -0.146. The molecule has 0 spiro atoms. The van der Waals surface area contributed by atoms with Crippen LogP contribution in [-0.2, 0) is 16.0 Å². The summed E-state index contributed by atoms with van der Waals surface area (Å²) < 4.78 is 0. The lowest BCUT2D eigenvalue weighted by Gasteiger charge is -2.13. The second-order valence-corrected chi connectivity index (χ2v) is 4.77. The van der Waals surface area contributed by atoms with Crippen molar-refractivity contribution < 1.29 is 19.8 Å². The third kappa shape index (κ3) is 3.59. The Morgan fingerprint density at radius 2 is 2.05 bits per heavy atom. The first kappa shape index (κ1) is 15.0. The summed E-state index contributed by atoms with van der Waals surface area (Å²) in [6.07, 6.45) is 0.484. The van der Waals surface area contributed by atoms with Crippen molar-refractivity contribution in [3.05, 3.63) is 36.0 Å². The Morgan fingerprint density at radius 3 is 2.76 bits per heavy atom. The summed E-state index contributed by atoms with van der Waals surface area (Å²) in [4.78, 5) is 25.3. The van der Waals surface area contributed by atoms with E-state index in [1.165, 1.54) is 0 Å². The molecule has 21 heavy (non-hydrogen) atoms. The molecule has 0 fully saturated rings. The van der Waals surface area contributed by atoms with Crippen LogP contribution in [0.5, 0.6) is 0 Å². The fraction of sp³-hybridized carbons (Fsp3) is 0.286. The highest BCUT2D eigenvalue weighted by molar-refractivity contribution is 5.86. The number of nitrogens with one attached hydrogen (secondary N) is 2. The van der Waals surface area contributed by atoms with Gasteiger partial charge in [0.05, 0.1) is 12.6 Å². The summed E-state index contributed by atoms with van der Waals surface area (Å²) in [5, 5.41) is 20.9. The zero-order valence-corrected chi connectivity index (χ0v) is 11.2. The van der Waals surface area contributed by atoms with Crippen molar-refractivity contribution in [3.63, 3.8) is 0 Å². The minimum atomic E-state index is -1.63. The minimum Gasteiger partial charge on any atom is -0.479 e. The number of fused-ring (bicyclic) bond motifs is 1. The number of nitrogens with two attached hydrogens (primary N) is 1. The number of hydrogen-bond acceptors (Lipinski definition) is 4. The highest BCUT2D eigenvalue weighted by Crippen LogP contribution is 2.18. The van der Waals surface area contributed by atoms with Crippen molar-refractivity contribution in [3.8, 4) is 0 Å². The van der Waals surface area contributed by atoms with Crippen molar-refractivity contribution in [2.45, 2.75) is 18.6 Å². The third-order valence-corrected chi connectivity index (χ3v) is 3.21. The predicted octanol–water partition coefficient (Wildman–Crippen LogP) is -0.401. The fourth-order valence-corrected chi connectivity index (χ4v) is 2.05. The first-order valence-electron chi connectivity index (χ1n) is 6.48. The van der Waals surface area contributed by atoms with E-state index in [1.54, 1.807) is 6.20 Å². The maximum Gasteiger partial charge on any atom is 0.334 e. The molecule has 112 valence electrons.